The maximum atomic E-state index is 13.4. The third-order valence-electron chi connectivity index (χ3n) is 5.43. The first-order valence-corrected chi connectivity index (χ1v) is 10.5. The maximum absolute atomic E-state index is 13.4. The molecule has 9 heteroatoms. The van der Waals surface area contributed by atoms with Gasteiger partial charge >= 0.3 is 5.69 Å². The number of anilines is 1. The fourth-order valence-corrected chi connectivity index (χ4v) is 3.90. The minimum Gasteiger partial charge on any atom is -0.339 e. The van der Waals surface area contributed by atoms with E-state index in [-0.39, 0.29) is 11.4 Å². The number of carbonyl (C=O) groups is 1. The number of nitrogens with one attached hydrogen (secondary N) is 1. The highest BCUT2D eigenvalue weighted by Gasteiger charge is 2.25. The highest BCUT2D eigenvalue weighted by molar-refractivity contribution is 5.90. The van der Waals surface area contributed by atoms with Gasteiger partial charge in [0.1, 0.15) is 12.1 Å². The van der Waals surface area contributed by atoms with Crippen molar-refractivity contribution in [2.24, 2.45) is 0 Å². The second-order valence-electron chi connectivity index (χ2n) is 7.74. The SMILES string of the molecule is CCc1nc(-c2c3n(c(=O)n(CC(=O)Nc4cccc(C)c4)c2=O)CCCCC3)no1. The number of benzene rings is 1. The highest BCUT2D eigenvalue weighted by atomic mass is 16.5. The standard InChI is InChI=1S/C22H25N5O4/c1-3-18-24-20(25-31-18)19-16-10-5-4-6-11-26(16)22(30)27(21(19)29)13-17(28)23-15-9-7-8-14(2)12-15/h7-9,12H,3-6,10-11,13H2,1-2H3,(H,23,28). The summed E-state index contributed by atoms with van der Waals surface area (Å²) in [7, 11) is 0. The summed E-state index contributed by atoms with van der Waals surface area (Å²) in [4.78, 5) is 43.5. The van der Waals surface area contributed by atoms with E-state index in [9.17, 15) is 14.4 Å². The van der Waals surface area contributed by atoms with Gasteiger partial charge in [-0.15, -0.1) is 0 Å². The average molecular weight is 423 g/mol. The fourth-order valence-electron chi connectivity index (χ4n) is 3.90. The summed E-state index contributed by atoms with van der Waals surface area (Å²) in [6.07, 6.45) is 3.75. The topological polar surface area (TPSA) is 112 Å². The molecule has 162 valence electrons. The summed E-state index contributed by atoms with van der Waals surface area (Å²) in [6, 6.07) is 7.32. The van der Waals surface area contributed by atoms with E-state index >= 15 is 0 Å². The summed E-state index contributed by atoms with van der Waals surface area (Å²) >= 11 is 0. The molecule has 1 aromatic carbocycles. The number of carbonyl (C=O) groups excluding carboxylic acids is 1. The Hall–Kier alpha value is -3.49. The Balaban J connectivity index is 1.78. The maximum Gasteiger partial charge on any atom is 0.331 e. The van der Waals surface area contributed by atoms with E-state index in [1.54, 1.807) is 10.6 Å². The van der Waals surface area contributed by atoms with Gasteiger partial charge in [0.15, 0.2) is 0 Å². The van der Waals surface area contributed by atoms with Gasteiger partial charge in [0.2, 0.25) is 17.6 Å². The number of hydrogen-bond acceptors (Lipinski definition) is 6. The minimum atomic E-state index is -0.569. The van der Waals surface area contributed by atoms with Gasteiger partial charge in [0.05, 0.1) is 0 Å². The molecule has 9 nitrogen and oxygen atoms in total. The summed E-state index contributed by atoms with van der Waals surface area (Å²) in [6.45, 7) is 3.89. The van der Waals surface area contributed by atoms with Gasteiger partial charge in [0, 0.05) is 24.3 Å². The zero-order chi connectivity index (χ0) is 22.0. The van der Waals surface area contributed by atoms with E-state index in [1.165, 1.54) is 0 Å². The summed E-state index contributed by atoms with van der Waals surface area (Å²) in [5, 5.41) is 6.72. The van der Waals surface area contributed by atoms with Crippen LogP contribution < -0.4 is 16.6 Å². The third kappa shape index (κ3) is 4.21. The van der Waals surface area contributed by atoms with E-state index in [2.05, 4.69) is 15.5 Å². The van der Waals surface area contributed by atoms with E-state index in [1.807, 2.05) is 32.0 Å². The Morgan fingerprint density at radius 2 is 2.06 bits per heavy atom. The van der Waals surface area contributed by atoms with Crippen molar-refractivity contribution < 1.29 is 9.32 Å². The number of nitrogens with zero attached hydrogens (tertiary/aromatic N) is 4. The van der Waals surface area contributed by atoms with Crippen LogP contribution in [0.1, 0.15) is 43.3 Å². The Kier molecular flexibility index (Phi) is 5.83. The lowest BCUT2D eigenvalue weighted by atomic mass is 10.1. The lowest BCUT2D eigenvalue weighted by molar-refractivity contribution is -0.116. The van der Waals surface area contributed by atoms with E-state index in [0.29, 0.717) is 36.7 Å². The molecular weight excluding hydrogens is 398 g/mol. The second-order valence-corrected chi connectivity index (χ2v) is 7.74. The first-order valence-electron chi connectivity index (χ1n) is 10.5. The molecule has 0 saturated heterocycles. The minimum absolute atomic E-state index is 0.167. The molecule has 3 heterocycles. The molecule has 0 saturated carbocycles. The molecule has 3 aromatic rings. The Morgan fingerprint density at radius 1 is 1.23 bits per heavy atom. The quantitative estimate of drug-likeness (QED) is 0.674. The molecule has 4 rings (SSSR count). The molecule has 1 aliphatic heterocycles. The Labute approximate surface area is 178 Å². The lowest BCUT2D eigenvalue weighted by Gasteiger charge is -2.16. The zero-order valence-electron chi connectivity index (χ0n) is 17.7. The van der Waals surface area contributed by atoms with Crippen molar-refractivity contribution in [2.45, 2.75) is 59.0 Å². The van der Waals surface area contributed by atoms with Crippen molar-refractivity contribution in [3.05, 3.63) is 62.3 Å². The molecule has 31 heavy (non-hydrogen) atoms. The van der Waals surface area contributed by atoms with Crippen LogP contribution in [-0.4, -0.2) is 25.2 Å². The van der Waals surface area contributed by atoms with E-state index in [4.69, 9.17) is 4.52 Å². The van der Waals surface area contributed by atoms with Crippen molar-refractivity contribution in [1.82, 2.24) is 19.3 Å². The third-order valence-corrected chi connectivity index (χ3v) is 5.43. The molecule has 1 aliphatic rings. The number of rotatable bonds is 5. The molecule has 0 unspecified atom stereocenters. The van der Waals surface area contributed by atoms with E-state index < -0.39 is 23.7 Å². The van der Waals surface area contributed by atoms with Crippen molar-refractivity contribution in [3.8, 4) is 11.4 Å². The van der Waals surface area contributed by atoms with Crippen LogP contribution in [0.25, 0.3) is 11.4 Å². The molecule has 0 spiro atoms. The van der Waals surface area contributed by atoms with Crippen molar-refractivity contribution >= 4 is 11.6 Å². The predicted octanol–water partition coefficient (Wildman–Crippen LogP) is 2.30. The van der Waals surface area contributed by atoms with Gasteiger partial charge in [0.25, 0.3) is 5.56 Å². The normalized spacial score (nSPS) is 13.5. The van der Waals surface area contributed by atoms with Gasteiger partial charge in [-0.2, -0.15) is 4.98 Å². The number of aromatic nitrogens is 4. The predicted molar refractivity (Wildman–Crippen MR) is 115 cm³/mol. The molecule has 0 radical (unpaired) electrons. The average Bonchev–Trinajstić information content (AvgIpc) is 3.08. The molecule has 1 N–H and O–H groups in total. The number of amides is 1. The largest absolute Gasteiger partial charge is 0.339 e. The second kappa shape index (κ2) is 8.71. The number of hydrogen-bond donors (Lipinski definition) is 1. The molecule has 1 amide bonds. The highest BCUT2D eigenvalue weighted by Crippen LogP contribution is 2.21. The van der Waals surface area contributed by atoms with Crippen LogP contribution in [0.2, 0.25) is 0 Å². The van der Waals surface area contributed by atoms with Crippen LogP contribution in [-0.2, 0) is 30.7 Å². The summed E-state index contributed by atoms with van der Waals surface area (Å²) < 4.78 is 7.77. The lowest BCUT2D eigenvalue weighted by Crippen LogP contribution is -2.44. The number of aryl methyl sites for hydroxylation is 2. The molecule has 0 atom stereocenters. The molecule has 0 aliphatic carbocycles. The number of fused-ring (bicyclic) bond motifs is 1. The molecular formula is C22H25N5O4. The van der Waals surface area contributed by atoms with E-state index in [0.717, 1.165) is 29.4 Å². The molecule has 0 bridgehead atoms. The van der Waals surface area contributed by atoms with Crippen LogP contribution in [0, 0.1) is 6.92 Å². The van der Waals surface area contributed by atoms with Crippen molar-refractivity contribution in [3.63, 3.8) is 0 Å². The monoisotopic (exact) mass is 423 g/mol. The van der Waals surface area contributed by atoms with Crippen LogP contribution in [0.5, 0.6) is 0 Å². The van der Waals surface area contributed by atoms with Crippen LogP contribution in [0.15, 0.2) is 38.4 Å². The summed E-state index contributed by atoms with van der Waals surface area (Å²) in [5.41, 5.74) is 1.41. The Morgan fingerprint density at radius 3 is 2.81 bits per heavy atom. The van der Waals surface area contributed by atoms with Gasteiger partial charge in [-0.1, -0.05) is 30.6 Å². The first kappa shape index (κ1) is 20.8. The fraction of sp³-hybridized carbons (Fsp3) is 0.409. The van der Waals surface area contributed by atoms with Gasteiger partial charge < -0.3 is 9.84 Å². The zero-order valence-corrected chi connectivity index (χ0v) is 17.7. The van der Waals surface area contributed by atoms with Crippen LogP contribution in [0.4, 0.5) is 5.69 Å². The molecule has 2 aromatic heterocycles. The molecule has 0 fully saturated rings. The van der Waals surface area contributed by atoms with Crippen LogP contribution in [0.3, 0.4) is 0 Å². The van der Waals surface area contributed by atoms with Crippen LogP contribution >= 0.6 is 0 Å². The van der Waals surface area contributed by atoms with Gasteiger partial charge in [-0.3, -0.25) is 18.7 Å². The summed E-state index contributed by atoms with van der Waals surface area (Å²) in [5.74, 6) is 0.129. The van der Waals surface area contributed by atoms with Crippen molar-refractivity contribution in [1.29, 1.82) is 0 Å². The first-order chi connectivity index (χ1) is 15.0. The smallest absolute Gasteiger partial charge is 0.331 e. The Bertz CT molecular complexity index is 1240. The van der Waals surface area contributed by atoms with Gasteiger partial charge in [-0.05, 0) is 43.9 Å². The van der Waals surface area contributed by atoms with Gasteiger partial charge in [-0.25, -0.2) is 4.79 Å². The van der Waals surface area contributed by atoms with Crippen molar-refractivity contribution in [2.75, 3.05) is 5.32 Å².